The van der Waals surface area contributed by atoms with E-state index in [0.717, 1.165) is 32.4 Å². The molecule has 0 aromatic carbocycles. The van der Waals surface area contributed by atoms with E-state index in [2.05, 4.69) is 31.0 Å². The monoisotopic (exact) mass is 281 g/mol. The summed E-state index contributed by atoms with van der Waals surface area (Å²) in [5.74, 6) is 1.49. The fourth-order valence-corrected chi connectivity index (χ4v) is 3.70. The Morgan fingerprint density at radius 2 is 2.10 bits per heavy atom. The van der Waals surface area contributed by atoms with Crippen molar-refractivity contribution in [2.75, 3.05) is 19.6 Å². The molecule has 0 spiro atoms. The van der Waals surface area contributed by atoms with Crippen LogP contribution < -0.4 is 11.1 Å². The maximum atomic E-state index is 12.3. The molecule has 4 atom stereocenters. The normalized spacial score (nSPS) is 35.5. The predicted molar refractivity (Wildman–Crippen MR) is 82.3 cm³/mol. The van der Waals surface area contributed by atoms with Gasteiger partial charge >= 0.3 is 0 Å². The third kappa shape index (κ3) is 3.95. The van der Waals surface area contributed by atoms with Crippen molar-refractivity contribution >= 4 is 5.91 Å². The number of rotatable bonds is 4. The van der Waals surface area contributed by atoms with Crippen LogP contribution in [0.5, 0.6) is 0 Å². The lowest BCUT2D eigenvalue weighted by Crippen LogP contribution is -2.42. The van der Waals surface area contributed by atoms with Crippen molar-refractivity contribution in [3.05, 3.63) is 0 Å². The van der Waals surface area contributed by atoms with Crippen molar-refractivity contribution in [3.63, 3.8) is 0 Å². The summed E-state index contributed by atoms with van der Waals surface area (Å²) in [5, 5.41) is 3.19. The minimum absolute atomic E-state index is 0.178. The van der Waals surface area contributed by atoms with Gasteiger partial charge < -0.3 is 16.0 Å². The SMILES string of the molecule is CC1CC(N)CCC1C(=O)NCC1CCN(C(C)C)C1. The van der Waals surface area contributed by atoms with Crippen LogP contribution in [0.4, 0.5) is 0 Å². The first-order valence-corrected chi connectivity index (χ1v) is 8.24. The van der Waals surface area contributed by atoms with Gasteiger partial charge in [0.05, 0.1) is 0 Å². The summed E-state index contributed by atoms with van der Waals surface area (Å²) < 4.78 is 0. The van der Waals surface area contributed by atoms with Crippen molar-refractivity contribution in [1.29, 1.82) is 0 Å². The molecule has 116 valence electrons. The zero-order valence-corrected chi connectivity index (χ0v) is 13.3. The van der Waals surface area contributed by atoms with Gasteiger partial charge in [0.2, 0.25) is 5.91 Å². The lowest BCUT2D eigenvalue weighted by Gasteiger charge is -2.31. The Morgan fingerprint density at radius 1 is 1.35 bits per heavy atom. The second-order valence-electron chi connectivity index (χ2n) is 7.15. The summed E-state index contributed by atoms with van der Waals surface area (Å²) in [7, 11) is 0. The second-order valence-corrected chi connectivity index (χ2v) is 7.15. The fraction of sp³-hybridized carbons (Fsp3) is 0.938. The first kappa shape index (κ1) is 15.8. The third-order valence-electron chi connectivity index (χ3n) is 5.16. The Morgan fingerprint density at radius 3 is 2.70 bits per heavy atom. The number of carbonyl (C=O) groups excluding carboxylic acids is 1. The van der Waals surface area contributed by atoms with Crippen LogP contribution >= 0.6 is 0 Å². The molecule has 2 rings (SSSR count). The van der Waals surface area contributed by atoms with Gasteiger partial charge in [-0.25, -0.2) is 0 Å². The number of hydrogen-bond donors (Lipinski definition) is 2. The summed E-state index contributed by atoms with van der Waals surface area (Å²) in [6.07, 6.45) is 4.15. The highest BCUT2D eigenvalue weighted by Gasteiger charge is 2.31. The van der Waals surface area contributed by atoms with Gasteiger partial charge in [0.25, 0.3) is 0 Å². The minimum atomic E-state index is 0.178. The van der Waals surface area contributed by atoms with Crippen molar-refractivity contribution in [1.82, 2.24) is 10.2 Å². The standard InChI is InChI=1S/C16H31N3O/c1-11(2)19-7-6-13(10-19)9-18-16(20)15-5-4-14(17)8-12(15)3/h11-15H,4-10,17H2,1-3H3,(H,18,20). The highest BCUT2D eigenvalue weighted by molar-refractivity contribution is 5.79. The first-order chi connectivity index (χ1) is 9.47. The molecule has 0 aromatic heterocycles. The molecule has 1 amide bonds. The van der Waals surface area contributed by atoms with E-state index in [0.29, 0.717) is 23.9 Å². The highest BCUT2D eigenvalue weighted by atomic mass is 16.1. The van der Waals surface area contributed by atoms with Crippen LogP contribution in [0.1, 0.15) is 46.5 Å². The number of nitrogens with zero attached hydrogens (tertiary/aromatic N) is 1. The van der Waals surface area contributed by atoms with Crippen molar-refractivity contribution in [3.8, 4) is 0 Å². The quantitative estimate of drug-likeness (QED) is 0.823. The zero-order chi connectivity index (χ0) is 14.7. The molecule has 1 saturated heterocycles. The maximum absolute atomic E-state index is 12.3. The summed E-state index contributed by atoms with van der Waals surface area (Å²) in [6, 6.07) is 0.916. The van der Waals surface area contributed by atoms with Crippen molar-refractivity contribution < 1.29 is 4.79 Å². The topological polar surface area (TPSA) is 58.4 Å². The van der Waals surface area contributed by atoms with Gasteiger partial charge in [-0.2, -0.15) is 0 Å². The number of likely N-dealkylation sites (tertiary alicyclic amines) is 1. The van der Waals surface area contributed by atoms with Gasteiger partial charge in [0.1, 0.15) is 0 Å². The second kappa shape index (κ2) is 6.90. The summed E-state index contributed by atoms with van der Waals surface area (Å²) >= 11 is 0. The van der Waals surface area contributed by atoms with E-state index in [9.17, 15) is 4.79 Å². The Labute approximate surface area is 123 Å². The molecule has 4 heteroatoms. The molecule has 1 aliphatic heterocycles. The van der Waals surface area contributed by atoms with Crippen LogP contribution in [0, 0.1) is 17.8 Å². The molecular weight excluding hydrogens is 250 g/mol. The summed E-state index contributed by atoms with van der Waals surface area (Å²) in [4.78, 5) is 14.8. The molecule has 0 bridgehead atoms. The molecule has 4 unspecified atom stereocenters. The van der Waals surface area contributed by atoms with Crippen LogP contribution in [-0.4, -0.2) is 42.5 Å². The average molecular weight is 281 g/mol. The number of hydrogen-bond acceptors (Lipinski definition) is 3. The van der Waals surface area contributed by atoms with E-state index >= 15 is 0 Å². The van der Waals surface area contributed by atoms with E-state index in [1.165, 1.54) is 13.0 Å². The molecule has 0 radical (unpaired) electrons. The molecule has 2 fully saturated rings. The van der Waals surface area contributed by atoms with E-state index < -0.39 is 0 Å². The molecular formula is C16H31N3O. The van der Waals surface area contributed by atoms with Gasteiger partial charge in [-0.3, -0.25) is 4.79 Å². The molecule has 3 N–H and O–H groups in total. The van der Waals surface area contributed by atoms with Gasteiger partial charge in [0.15, 0.2) is 0 Å². The minimum Gasteiger partial charge on any atom is -0.356 e. The Hall–Kier alpha value is -0.610. The molecule has 4 nitrogen and oxygen atoms in total. The predicted octanol–water partition coefficient (Wildman–Crippen LogP) is 1.60. The summed E-state index contributed by atoms with van der Waals surface area (Å²) in [6.45, 7) is 9.80. The third-order valence-corrected chi connectivity index (χ3v) is 5.16. The number of amides is 1. The lowest BCUT2D eigenvalue weighted by atomic mass is 9.77. The summed E-state index contributed by atoms with van der Waals surface area (Å²) in [5.41, 5.74) is 5.97. The Balaban J connectivity index is 1.73. The average Bonchev–Trinajstić information content (AvgIpc) is 2.85. The Bertz CT molecular complexity index is 332. The van der Waals surface area contributed by atoms with E-state index in [-0.39, 0.29) is 11.8 Å². The van der Waals surface area contributed by atoms with Crippen molar-refractivity contribution in [2.24, 2.45) is 23.5 Å². The van der Waals surface area contributed by atoms with Crippen LogP contribution in [0.2, 0.25) is 0 Å². The number of nitrogens with one attached hydrogen (secondary N) is 1. The number of nitrogens with two attached hydrogens (primary N) is 1. The fourth-order valence-electron chi connectivity index (χ4n) is 3.70. The largest absolute Gasteiger partial charge is 0.356 e. The molecule has 20 heavy (non-hydrogen) atoms. The van der Waals surface area contributed by atoms with E-state index in [4.69, 9.17) is 5.73 Å². The zero-order valence-electron chi connectivity index (χ0n) is 13.3. The van der Waals surface area contributed by atoms with Gasteiger partial charge in [-0.15, -0.1) is 0 Å². The van der Waals surface area contributed by atoms with E-state index in [1.54, 1.807) is 0 Å². The van der Waals surface area contributed by atoms with Crippen LogP contribution in [0.25, 0.3) is 0 Å². The Kier molecular flexibility index (Phi) is 5.44. The molecule has 2 aliphatic rings. The molecule has 0 aromatic rings. The number of carbonyl (C=O) groups is 1. The molecule has 1 aliphatic carbocycles. The van der Waals surface area contributed by atoms with E-state index in [1.807, 2.05) is 0 Å². The maximum Gasteiger partial charge on any atom is 0.223 e. The van der Waals surface area contributed by atoms with Gasteiger partial charge in [0, 0.05) is 31.1 Å². The smallest absolute Gasteiger partial charge is 0.223 e. The highest BCUT2D eigenvalue weighted by Crippen LogP contribution is 2.29. The lowest BCUT2D eigenvalue weighted by molar-refractivity contribution is -0.127. The first-order valence-electron chi connectivity index (χ1n) is 8.24. The van der Waals surface area contributed by atoms with Gasteiger partial charge in [-0.1, -0.05) is 6.92 Å². The van der Waals surface area contributed by atoms with Crippen molar-refractivity contribution in [2.45, 2.75) is 58.5 Å². The van der Waals surface area contributed by atoms with Crippen LogP contribution in [0.3, 0.4) is 0 Å². The molecule has 1 saturated carbocycles. The van der Waals surface area contributed by atoms with Crippen LogP contribution in [-0.2, 0) is 4.79 Å². The van der Waals surface area contributed by atoms with Gasteiger partial charge in [-0.05, 0) is 57.9 Å². The molecule has 1 heterocycles. The van der Waals surface area contributed by atoms with Crippen LogP contribution in [0.15, 0.2) is 0 Å².